The van der Waals surface area contributed by atoms with Crippen LogP contribution in [-0.2, 0) is 24.3 Å². The zero-order valence-electron chi connectivity index (χ0n) is 14.8. The highest BCUT2D eigenvalue weighted by atomic mass is 32.1. The number of likely N-dealkylation sites (tertiary alicyclic amines) is 1. The van der Waals surface area contributed by atoms with E-state index < -0.39 is 0 Å². The van der Waals surface area contributed by atoms with E-state index in [1.807, 2.05) is 17.2 Å². The molecule has 0 saturated carbocycles. The maximum absolute atomic E-state index is 12.8. The van der Waals surface area contributed by atoms with Crippen molar-refractivity contribution in [2.24, 2.45) is 0 Å². The van der Waals surface area contributed by atoms with Crippen molar-refractivity contribution in [3.05, 3.63) is 32.9 Å². The van der Waals surface area contributed by atoms with Gasteiger partial charge >= 0.3 is 5.69 Å². The van der Waals surface area contributed by atoms with Crippen molar-refractivity contribution < 1.29 is 4.79 Å². The van der Waals surface area contributed by atoms with Gasteiger partial charge < -0.3 is 4.90 Å². The smallest absolute Gasteiger partial charge is 0.332 e. The Balaban J connectivity index is 1.76. The molecule has 8 heteroatoms. The Kier molecular flexibility index (Phi) is 5.67. The molecular weight excluding hydrogens is 338 g/mol. The minimum atomic E-state index is -0.188. The van der Waals surface area contributed by atoms with Crippen LogP contribution in [0.2, 0.25) is 0 Å². The molecule has 7 nitrogen and oxygen atoms in total. The van der Waals surface area contributed by atoms with Crippen molar-refractivity contribution in [3.8, 4) is 0 Å². The van der Waals surface area contributed by atoms with Gasteiger partial charge in [0.15, 0.2) is 0 Å². The summed E-state index contributed by atoms with van der Waals surface area (Å²) < 4.78 is 3.00. The van der Waals surface area contributed by atoms with Crippen LogP contribution in [0.4, 0.5) is 0 Å². The number of unbranched alkanes of at least 4 members (excludes halogenated alkanes) is 1. The van der Waals surface area contributed by atoms with Crippen LogP contribution in [0.15, 0.2) is 16.4 Å². The summed E-state index contributed by atoms with van der Waals surface area (Å²) in [6.07, 6.45) is 6.48. The van der Waals surface area contributed by atoms with Crippen LogP contribution < -0.4 is 5.69 Å². The molecule has 1 saturated heterocycles. The maximum Gasteiger partial charge on any atom is 0.346 e. The lowest BCUT2D eigenvalue weighted by molar-refractivity contribution is -0.133. The average Bonchev–Trinajstić information content (AvgIpc) is 3.33. The van der Waals surface area contributed by atoms with Crippen LogP contribution in [0.1, 0.15) is 56.4 Å². The summed E-state index contributed by atoms with van der Waals surface area (Å²) in [5.41, 5.74) is -0.188. The zero-order valence-corrected chi connectivity index (χ0v) is 15.7. The van der Waals surface area contributed by atoms with E-state index in [0.717, 1.165) is 49.5 Å². The number of rotatable bonds is 7. The lowest BCUT2D eigenvalue weighted by Crippen LogP contribution is -2.37. The maximum atomic E-state index is 12.8. The first kappa shape index (κ1) is 17.8. The first-order valence-corrected chi connectivity index (χ1v) is 9.89. The number of thiazole rings is 1. The summed E-state index contributed by atoms with van der Waals surface area (Å²) in [5, 5.41) is 7.33. The molecule has 1 aliphatic rings. The molecule has 3 rings (SSSR count). The van der Waals surface area contributed by atoms with Crippen LogP contribution >= 0.6 is 11.3 Å². The molecule has 0 bridgehead atoms. The van der Waals surface area contributed by atoms with Gasteiger partial charge in [0.25, 0.3) is 0 Å². The molecule has 0 radical (unpaired) electrons. The predicted octanol–water partition coefficient (Wildman–Crippen LogP) is 2.23. The van der Waals surface area contributed by atoms with E-state index in [0.29, 0.717) is 6.54 Å². The molecule has 0 N–H and O–H groups in total. The predicted molar refractivity (Wildman–Crippen MR) is 96.6 cm³/mol. The molecule has 1 fully saturated rings. The summed E-state index contributed by atoms with van der Waals surface area (Å²) in [4.78, 5) is 31.5. The van der Waals surface area contributed by atoms with E-state index in [1.54, 1.807) is 22.1 Å². The molecule has 1 aliphatic heterocycles. The molecule has 0 spiro atoms. The largest absolute Gasteiger partial charge is 0.346 e. The number of nitrogens with zero attached hydrogens (tertiary/aromatic N) is 5. The first-order chi connectivity index (χ1) is 12.2. The van der Waals surface area contributed by atoms with E-state index in [4.69, 9.17) is 0 Å². The fourth-order valence-electron chi connectivity index (χ4n) is 3.37. The van der Waals surface area contributed by atoms with Crippen LogP contribution in [0.3, 0.4) is 0 Å². The monoisotopic (exact) mass is 363 g/mol. The highest BCUT2D eigenvalue weighted by Gasteiger charge is 2.32. The zero-order chi connectivity index (χ0) is 17.8. The number of aromatic nitrogens is 4. The molecule has 1 unspecified atom stereocenters. The van der Waals surface area contributed by atoms with E-state index in [1.165, 1.54) is 4.68 Å². The van der Waals surface area contributed by atoms with E-state index in [2.05, 4.69) is 17.0 Å². The fourth-order valence-corrected chi connectivity index (χ4v) is 4.15. The van der Waals surface area contributed by atoms with Crippen molar-refractivity contribution in [2.45, 2.75) is 65.1 Å². The Bertz CT molecular complexity index is 765. The number of carbonyl (C=O) groups excluding carboxylic acids is 1. The van der Waals surface area contributed by atoms with Gasteiger partial charge in [-0.15, -0.1) is 11.3 Å². The van der Waals surface area contributed by atoms with Crippen molar-refractivity contribution in [2.75, 3.05) is 6.54 Å². The average molecular weight is 363 g/mol. The van der Waals surface area contributed by atoms with Gasteiger partial charge in [-0.3, -0.25) is 9.36 Å². The number of amides is 1. The molecule has 0 aliphatic carbocycles. The normalized spacial score (nSPS) is 17.4. The van der Waals surface area contributed by atoms with Crippen LogP contribution in [0.25, 0.3) is 0 Å². The second-order valence-corrected chi connectivity index (χ2v) is 7.25. The van der Waals surface area contributed by atoms with Crippen molar-refractivity contribution in [3.63, 3.8) is 0 Å². The van der Waals surface area contributed by atoms with Gasteiger partial charge in [0.1, 0.15) is 17.4 Å². The highest BCUT2D eigenvalue weighted by molar-refractivity contribution is 7.09. The van der Waals surface area contributed by atoms with E-state index in [9.17, 15) is 9.59 Å². The van der Waals surface area contributed by atoms with Crippen LogP contribution in [0.5, 0.6) is 0 Å². The van der Waals surface area contributed by atoms with Crippen molar-refractivity contribution >= 4 is 17.2 Å². The quantitative estimate of drug-likeness (QED) is 0.756. The Morgan fingerprint density at radius 3 is 2.92 bits per heavy atom. The van der Waals surface area contributed by atoms with Crippen molar-refractivity contribution in [1.82, 2.24) is 24.2 Å². The minimum Gasteiger partial charge on any atom is -0.332 e. The van der Waals surface area contributed by atoms with Gasteiger partial charge in [0, 0.05) is 31.1 Å². The van der Waals surface area contributed by atoms with Gasteiger partial charge in [-0.25, -0.2) is 14.5 Å². The third kappa shape index (κ3) is 3.68. The summed E-state index contributed by atoms with van der Waals surface area (Å²) in [6, 6.07) is 0.0380. The third-order valence-corrected chi connectivity index (χ3v) is 5.54. The molecule has 3 heterocycles. The lowest BCUT2D eigenvalue weighted by atomic mass is 10.2. The number of carbonyl (C=O) groups is 1. The molecule has 25 heavy (non-hydrogen) atoms. The van der Waals surface area contributed by atoms with E-state index in [-0.39, 0.29) is 24.2 Å². The number of hydrogen-bond donors (Lipinski definition) is 0. The minimum absolute atomic E-state index is 0.00678. The first-order valence-electron chi connectivity index (χ1n) is 9.01. The van der Waals surface area contributed by atoms with Gasteiger partial charge in [-0.1, -0.05) is 13.3 Å². The molecule has 2 aromatic rings. The second kappa shape index (κ2) is 7.95. The molecule has 2 aromatic heterocycles. The molecule has 136 valence electrons. The summed E-state index contributed by atoms with van der Waals surface area (Å²) in [7, 11) is 0. The topological polar surface area (TPSA) is 73.0 Å². The van der Waals surface area contributed by atoms with Crippen molar-refractivity contribution in [1.29, 1.82) is 0 Å². The number of hydrogen-bond acceptors (Lipinski definition) is 5. The lowest BCUT2D eigenvalue weighted by Gasteiger charge is -2.22. The van der Waals surface area contributed by atoms with Gasteiger partial charge in [-0.2, -0.15) is 5.10 Å². The van der Waals surface area contributed by atoms with Crippen LogP contribution in [-0.4, -0.2) is 36.7 Å². The molecular formula is C17H25N5O2S. The highest BCUT2D eigenvalue weighted by Crippen LogP contribution is 2.32. The third-order valence-electron chi connectivity index (χ3n) is 4.66. The standard InChI is InChI=1S/C17H25N5O2S/c1-3-5-8-14-19-22(17(24)20(14)4-2)12-15(23)21-10-6-7-13(21)16-18-9-11-25-16/h9,11,13H,3-8,10,12H2,1-2H3. The fraction of sp³-hybridized carbons (Fsp3) is 0.647. The van der Waals surface area contributed by atoms with Gasteiger partial charge in [-0.05, 0) is 26.2 Å². The Hall–Kier alpha value is -1.96. The molecule has 1 atom stereocenters. The Morgan fingerprint density at radius 1 is 1.40 bits per heavy atom. The summed E-state index contributed by atoms with van der Waals surface area (Å²) in [5.74, 6) is 0.725. The van der Waals surface area contributed by atoms with Gasteiger partial charge in [0.2, 0.25) is 5.91 Å². The van der Waals surface area contributed by atoms with Crippen LogP contribution in [0, 0.1) is 0 Å². The molecule has 0 aromatic carbocycles. The van der Waals surface area contributed by atoms with Gasteiger partial charge in [0.05, 0.1) is 6.04 Å². The summed E-state index contributed by atoms with van der Waals surface area (Å²) in [6.45, 7) is 5.35. The Morgan fingerprint density at radius 2 is 2.24 bits per heavy atom. The number of aryl methyl sites for hydroxylation is 1. The summed E-state index contributed by atoms with van der Waals surface area (Å²) >= 11 is 1.58. The SMILES string of the molecule is CCCCc1nn(CC(=O)N2CCCC2c2nccs2)c(=O)n1CC. The van der Waals surface area contributed by atoms with E-state index >= 15 is 0 Å². The Labute approximate surface area is 151 Å². The molecule has 1 amide bonds. The second-order valence-electron chi connectivity index (χ2n) is 6.32.